The van der Waals surface area contributed by atoms with Gasteiger partial charge in [0.2, 0.25) is 11.8 Å². The summed E-state index contributed by atoms with van der Waals surface area (Å²) in [6.45, 7) is 2.42. The Balaban J connectivity index is 1.41. The minimum Gasteiger partial charge on any atom is -0.342 e. The van der Waals surface area contributed by atoms with Crippen molar-refractivity contribution in [1.82, 2.24) is 9.80 Å². The molecule has 28 heavy (non-hydrogen) atoms. The molecule has 6 rings (SSSR count). The van der Waals surface area contributed by atoms with Gasteiger partial charge in [-0.2, -0.15) is 0 Å². The van der Waals surface area contributed by atoms with Crippen molar-refractivity contribution >= 4 is 17.5 Å². The summed E-state index contributed by atoms with van der Waals surface area (Å²) in [5.74, 6) is 0.711. The number of nitrogens with one attached hydrogen (secondary N) is 1. The lowest BCUT2D eigenvalue weighted by Gasteiger charge is -2.41. The molecule has 3 saturated heterocycles. The number of nitrogens with two attached hydrogens (primary N) is 1. The summed E-state index contributed by atoms with van der Waals surface area (Å²) in [5.41, 5.74) is 7.41. The molecule has 1 saturated carbocycles. The van der Waals surface area contributed by atoms with E-state index in [4.69, 9.17) is 5.73 Å². The molecule has 1 aromatic carbocycles. The lowest BCUT2D eigenvalue weighted by atomic mass is 9.77. The summed E-state index contributed by atoms with van der Waals surface area (Å²) in [7, 11) is 0. The number of anilines is 1. The second kappa shape index (κ2) is 5.80. The summed E-state index contributed by atoms with van der Waals surface area (Å²) in [5, 5.41) is 3.10. The summed E-state index contributed by atoms with van der Waals surface area (Å²) < 4.78 is 0. The monoisotopic (exact) mass is 380 g/mol. The van der Waals surface area contributed by atoms with Crippen LogP contribution in [0.3, 0.4) is 0 Å². The van der Waals surface area contributed by atoms with Crippen LogP contribution in [-0.4, -0.2) is 53.3 Å². The van der Waals surface area contributed by atoms with Crippen LogP contribution in [-0.2, 0) is 15.1 Å². The second-order valence-corrected chi connectivity index (χ2v) is 9.46. The average Bonchev–Trinajstić information content (AvgIpc) is 3.38. The molecule has 0 radical (unpaired) electrons. The minimum absolute atomic E-state index is 0.00636. The Hall–Kier alpha value is -1.92. The summed E-state index contributed by atoms with van der Waals surface area (Å²) >= 11 is 0. The van der Waals surface area contributed by atoms with Gasteiger partial charge in [-0.25, -0.2) is 0 Å². The molecule has 6 atom stereocenters. The molecule has 0 aromatic heterocycles. The number of carbonyl (C=O) groups is 2. The zero-order valence-corrected chi connectivity index (χ0v) is 16.1. The first-order valence-corrected chi connectivity index (χ1v) is 10.8. The molecule has 2 amide bonds. The molecule has 4 aliphatic heterocycles. The molecular formula is C22H28N4O2. The minimum atomic E-state index is -0.826. The Morgan fingerprint density at radius 3 is 2.68 bits per heavy atom. The molecule has 148 valence electrons. The van der Waals surface area contributed by atoms with Crippen LogP contribution in [0.5, 0.6) is 0 Å². The molecule has 6 nitrogen and oxygen atoms in total. The van der Waals surface area contributed by atoms with E-state index in [0.717, 1.165) is 63.0 Å². The van der Waals surface area contributed by atoms with Crippen molar-refractivity contribution in [1.29, 1.82) is 0 Å². The predicted octanol–water partition coefficient (Wildman–Crippen LogP) is 1.51. The maximum absolute atomic E-state index is 13.9. The second-order valence-electron chi connectivity index (χ2n) is 9.46. The molecule has 2 bridgehead atoms. The summed E-state index contributed by atoms with van der Waals surface area (Å²) in [6.07, 6.45) is 5.23. The van der Waals surface area contributed by atoms with Crippen LogP contribution in [0.1, 0.15) is 37.7 Å². The molecule has 1 unspecified atom stereocenters. The molecule has 4 heterocycles. The zero-order chi connectivity index (χ0) is 19.0. The Kier molecular flexibility index (Phi) is 3.52. The van der Waals surface area contributed by atoms with E-state index in [1.165, 1.54) is 0 Å². The highest BCUT2D eigenvalue weighted by atomic mass is 16.2. The number of amides is 2. The third-order valence-corrected chi connectivity index (χ3v) is 8.29. The van der Waals surface area contributed by atoms with Gasteiger partial charge in [0.1, 0.15) is 5.54 Å². The smallest absolute Gasteiger partial charge is 0.250 e. The molecule has 5 aliphatic rings. The number of para-hydroxylation sites is 1. The Labute approximate surface area is 165 Å². The van der Waals surface area contributed by atoms with Crippen molar-refractivity contribution < 1.29 is 9.59 Å². The number of carbonyl (C=O) groups excluding carboxylic acids is 2. The van der Waals surface area contributed by atoms with E-state index in [-0.39, 0.29) is 23.8 Å². The van der Waals surface area contributed by atoms with Crippen LogP contribution in [0, 0.1) is 17.8 Å². The predicted molar refractivity (Wildman–Crippen MR) is 105 cm³/mol. The maximum Gasteiger partial charge on any atom is 0.250 e. The molecule has 4 fully saturated rings. The van der Waals surface area contributed by atoms with Gasteiger partial charge in [0.25, 0.3) is 0 Å². The number of fused-ring (bicyclic) bond motifs is 6. The maximum atomic E-state index is 13.9. The fourth-order valence-corrected chi connectivity index (χ4v) is 7.03. The van der Waals surface area contributed by atoms with Crippen LogP contribution in [0.2, 0.25) is 0 Å². The molecule has 1 aliphatic carbocycles. The SMILES string of the molecule is NC1[C@@H]2CC[C@H]1CN(C(=O)[C@@H]1C[C@H]3CCCN3[C@]13C(=O)Nc1ccccc13)C2. The third kappa shape index (κ3) is 2.00. The number of piperidine rings is 1. The van der Waals surface area contributed by atoms with Gasteiger partial charge in [0.05, 0.1) is 5.92 Å². The van der Waals surface area contributed by atoms with E-state index in [1.54, 1.807) is 0 Å². The van der Waals surface area contributed by atoms with E-state index >= 15 is 0 Å². The highest BCUT2D eigenvalue weighted by molar-refractivity contribution is 6.09. The van der Waals surface area contributed by atoms with Gasteiger partial charge in [-0.15, -0.1) is 0 Å². The van der Waals surface area contributed by atoms with Crippen LogP contribution >= 0.6 is 0 Å². The first-order chi connectivity index (χ1) is 13.6. The largest absolute Gasteiger partial charge is 0.342 e. The molecular weight excluding hydrogens is 352 g/mol. The number of nitrogens with zero attached hydrogens (tertiary/aromatic N) is 2. The normalized spacial score (nSPS) is 41.4. The number of likely N-dealkylation sites (tertiary alicyclic amines) is 1. The van der Waals surface area contributed by atoms with Gasteiger partial charge in [-0.3, -0.25) is 14.5 Å². The first-order valence-electron chi connectivity index (χ1n) is 10.8. The van der Waals surface area contributed by atoms with Gasteiger partial charge in [-0.1, -0.05) is 18.2 Å². The quantitative estimate of drug-likeness (QED) is 0.774. The number of benzene rings is 1. The van der Waals surface area contributed by atoms with Gasteiger partial charge in [0, 0.05) is 36.4 Å². The Bertz CT molecular complexity index is 843. The van der Waals surface area contributed by atoms with E-state index in [0.29, 0.717) is 17.9 Å². The Morgan fingerprint density at radius 1 is 1.14 bits per heavy atom. The number of hydrogen-bond donors (Lipinski definition) is 2. The van der Waals surface area contributed by atoms with Crippen molar-refractivity contribution in [2.45, 2.75) is 49.7 Å². The third-order valence-electron chi connectivity index (χ3n) is 8.29. The molecule has 1 spiro atoms. The van der Waals surface area contributed by atoms with Crippen LogP contribution in [0.4, 0.5) is 5.69 Å². The van der Waals surface area contributed by atoms with Crippen molar-refractivity contribution in [2.75, 3.05) is 25.0 Å². The lowest BCUT2D eigenvalue weighted by molar-refractivity contribution is -0.146. The van der Waals surface area contributed by atoms with E-state index in [2.05, 4.69) is 15.1 Å². The first kappa shape index (κ1) is 17.0. The van der Waals surface area contributed by atoms with Crippen molar-refractivity contribution in [3.63, 3.8) is 0 Å². The van der Waals surface area contributed by atoms with Crippen molar-refractivity contribution in [2.24, 2.45) is 23.5 Å². The van der Waals surface area contributed by atoms with Crippen LogP contribution in [0.25, 0.3) is 0 Å². The summed E-state index contributed by atoms with van der Waals surface area (Å²) in [6, 6.07) is 8.52. The van der Waals surface area contributed by atoms with Gasteiger partial charge < -0.3 is 16.0 Å². The van der Waals surface area contributed by atoms with Gasteiger partial charge in [0.15, 0.2) is 0 Å². The molecule has 3 N–H and O–H groups in total. The highest BCUT2D eigenvalue weighted by Gasteiger charge is 2.66. The number of rotatable bonds is 1. The fraction of sp³-hybridized carbons (Fsp3) is 0.636. The molecule has 1 aromatic rings. The van der Waals surface area contributed by atoms with Crippen LogP contribution < -0.4 is 11.1 Å². The standard InChI is InChI=1S/C22H28N4O2/c23-19-13-7-8-14(19)12-25(11-13)20(27)17-10-15-4-3-9-26(15)22(17)16-5-1-2-6-18(16)24-21(22)28/h1-2,5-6,13-15,17,19H,3-4,7-12,23H2,(H,24,28)/t13-,14+,15-,17+,19?,22+/m1/s1. The average molecular weight is 380 g/mol. The summed E-state index contributed by atoms with van der Waals surface area (Å²) in [4.78, 5) is 31.7. The van der Waals surface area contributed by atoms with Crippen molar-refractivity contribution in [3.8, 4) is 0 Å². The van der Waals surface area contributed by atoms with Crippen molar-refractivity contribution in [3.05, 3.63) is 29.8 Å². The topological polar surface area (TPSA) is 78.7 Å². The highest BCUT2D eigenvalue weighted by Crippen LogP contribution is 2.56. The van der Waals surface area contributed by atoms with E-state index in [9.17, 15) is 9.59 Å². The van der Waals surface area contributed by atoms with E-state index < -0.39 is 5.54 Å². The van der Waals surface area contributed by atoms with Gasteiger partial charge >= 0.3 is 0 Å². The molecule has 6 heteroatoms. The number of hydrogen-bond acceptors (Lipinski definition) is 4. The zero-order valence-electron chi connectivity index (χ0n) is 16.1. The van der Waals surface area contributed by atoms with Crippen LogP contribution in [0.15, 0.2) is 24.3 Å². The lowest BCUT2D eigenvalue weighted by Crippen LogP contribution is -2.57. The Morgan fingerprint density at radius 2 is 1.89 bits per heavy atom. The van der Waals surface area contributed by atoms with Gasteiger partial charge in [-0.05, 0) is 56.6 Å². The van der Waals surface area contributed by atoms with E-state index in [1.807, 2.05) is 24.3 Å². The fourth-order valence-electron chi connectivity index (χ4n) is 7.03.